The predicted octanol–water partition coefficient (Wildman–Crippen LogP) is 1.36. The van der Waals surface area contributed by atoms with Crippen molar-refractivity contribution in [3.63, 3.8) is 0 Å². The van der Waals surface area contributed by atoms with Crippen LogP contribution in [0.15, 0.2) is 0 Å². The van der Waals surface area contributed by atoms with Crippen LogP contribution in [0.1, 0.15) is 34.1 Å². The second-order valence-electron chi connectivity index (χ2n) is 6.56. The highest BCUT2D eigenvalue weighted by Gasteiger charge is 2.32. The molecule has 0 aromatic rings. The first-order chi connectivity index (χ1) is 7.65. The Morgan fingerprint density at radius 1 is 1.35 bits per heavy atom. The third-order valence-corrected chi connectivity index (χ3v) is 4.18. The molecule has 0 radical (unpaired) electrons. The highest BCUT2D eigenvalue weighted by Crippen LogP contribution is 2.23. The van der Waals surface area contributed by atoms with E-state index in [2.05, 4.69) is 44.5 Å². The quantitative estimate of drug-likeness (QED) is 0.576. The van der Waals surface area contributed by atoms with Crippen LogP contribution >= 0.6 is 0 Å². The number of likely N-dealkylation sites (N-methyl/N-ethyl adjacent to an activating group) is 1. The van der Waals surface area contributed by atoms with E-state index in [1.54, 1.807) is 0 Å². The molecule has 0 aliphatic carbocycles. The maximum atomic E-state index is 7.58. The zero-order valence-electron chi connectivity index (χ0n) is 12.0. The van der Waals surface area contributed by atoms with Gasteiger partial charge in [0.05, 0.1) is 5.84 Å². The van der Waals surface area contributed by atoms with Crippen molar-refractivity contribution in [1.29, 1.82) is 5.41 Å². The van der Waals surface area contributed by atoms with E-state index in [4.69, 9.17) is 11.1 Å². The minimum Gasteiger partial charge on any atom is -0.387 e. The Morgan fingerprint density at radius 3 is 2.41 bits per heavy atom. The molecule has 1 aliphatic heterocycles. The van der Waals surface area contributed by atoms with Crippen LogP contribution in [0, 0.1) is 10.8 Å². The Kier molecular flexibility index (Phi) is 4.20. The minimum atomic E-state index is -0.173. The fourth-order valence-corrected chi connectivity index (χ4v) is 2.10. The van der Waals surface area contributed by atoms with Gasteiger partial charge in [0.1, 0.15) is 0 Å². The van der Waals surface area contributed by atoms with Crippen LogP contribution < -0.4 is 5.73 Å². The van der Waals surface area contributed by atoms with Crippen molar-refractivity contribution < 1.29 is 0 Å². The fourth-order valence-electron chi connectivity index (χ4n) is 2.10. The zero-order chi connectivity index (χ0) is 13.3. The summed E-state index contributed by atoms with van der Waals surface area (Å²) >= 11 is 0. The number of hydrogen-bond acceptors (Lipinski definition) is 3. The van der Waals surface area contributed by atoms with Gasteiger partial charge >= 0.3 is 0 Å². The summed E-state index contributed by atoms with van der Waals surface area (Å²) in [7, 11) is 2.19. The molecule has 0 bridgehead atoms. The highest BCUT2D eigenvalue weighted by molar-refractivity contribution is 5.82. The molecule has 1 aliphatic rings. The molecular formula is C13H28N4. The van der Waals surface area contributed by atoms with E-state index in [1.165, 1.54) is 0 Å². The Hall–Kier alpha value is -0.610. The van der Waals surface area contributed by atoms with Crippen LogP contribution in [0.25, 0.3) is 0 Å². The molecule has 4 nitrogen and oxygen atoms in total. The van der Waals surface area contributed by atoms with E-state index in [9.17, 15) is 0 Å². The van der Waals surface area contributed by atoms with E-state index in [0.717, 1.165) is 32.6 Å². The Balaban J connectivity index is 2.47. The normalized spacial score (nSPS) is 22.6. The molecule has 4 heteroatoms. The van der Waals surface area contributed by atoms with Crippen molar-refractivity contribution in [3.8, 4) is 0 Å². The summed E-state index contributed by atoms with van der Waals surface area (Å²) in [6, 6.07) is 0. The smallest absolute Gasteiger partial charge is 0.0963 e. The molecule has 0 spiro atoms. The minimum absolute atomic E-state index is 0.173. The second-order valence-corrected chi connectivity index (χ2v) is 6.56. The molecule has 1 heterocycles. The monoisotopic (exact) mass is 240 g/mol. The van der Waals surface area contributed by atoms with Crippen molar-refractivity contribution in [2.24, 2.45) is 11.1 Å². The van der Waals surface area contributed by atoms with Crippen LogP contribution in [-0.4, -0.2) is 54.4 Å². The number of rotatable bonds is 4. The summed E-state index contributed by atoms with van der Waals surface area (Å²) < 4.78 is 0. The third-order valence-electron chi connectivity index (χ3n) is 4.18. The molecule has 17 heavy (non-hydrogen) atoms. The largest absolute Gasteiger partial charge is 0.387 e. The lowest BCUT2D eigenvalue weighted by Crippen LogP contribution is -2.58. The van der Waals surface area contributed by atoms with Gasteiger partial charge in [-0.25, -0.2) is 0 Å². The molecule has 3 N–H and O–H groups in total. The number of amidine groups is 1. The molecule has 0 aromatic carbocycles. The van der Waals surface area contributed by atoms with Crippen molar-refractivity contribution in [1.82, 2.24) is 9.80 Å². The highest BCUT2D eigenvalue weighted by atomic mass is 15.3. The van der Waals surface area contributed by atoms with Gasteiger partial charge in [0, 0.05) is 30.6 Å². The first-order valence-corrected chi connectivity index (χ1v) is 6.43. The molecule has 0 aromatic heterocycles. The fraction of sp³-hybridized carbons (Fsp3) is 0.923. The van der Waals surface area contributed by atoms with E-state index in [1.807, 2.05) is 0 Å². The molecule has 1 rings (SSSR count). The lowest BCUT2D eigenvalue weighted by atomic mass is 9.87. The molecular weight excluding hydrogens is 212 g/mol. The molecule has 1 fully saturated rings. The molecule has 0 atom stereocenters. The summed E-state index contributed by atoms with van der Waals surface area (Å²) in [6.45, 7) is 13.0. The lowest BCUT2D eigenvalue weighted by Gasteiger charge is -2.46. The summed E-state index contributed by atoms with van der Waals surface area (Å²) in [4.78, 5) is 4.91. The average molecular weight is 240 g/mol. The maximum absolute atomic E-state index is 7.58. The summed E-state index contributed by atoms with van der Waals surface area (Å²) in [5, 5.41) is 7.58. The van der Waals surface area contributed by atoms with Gasteiger partial charge in [-0.15, -0.1) is 0 Å². The SMILES string of the molecule is CN1CCN(CCC(C)(C)C(=N)N)CC1(C)C. The number of nitrogens with zero attached hydrogens (tertiary/aromatic N) is 2. The maximum Gasteiger partial charge on any atom is 0.0963 e. The van der Waals surface area contributed by atoms with Crippen LogP contribution in [0.3, 0.4) is 0 Å². The van der Waals surface area contributed by atoms with Crippen molar-refractivity contribution >= 4 is 5.84 Å². The Labute approximate surface area is 106 Å². The lowest BCUT2D eigenvalue weighted by molar-refractivity contribution is 0.0366. The van der Waals surface area contributed by atoms with E-state index in [-0.39, 0.29) is 11.0 Å². The second kappa shape index (κ2) is 4.94. The molecule has 0 unspecified atom stereocenters. The number of hydrogen-bond donors (Lipinski definition) is 2. The van der Waals surface area contributed by atoms with Gasteiger partial charge in [0.2, 0.25) is 0 Å². The number of nitrogens with two attached hydrogens (primary N) is 1. The zero-order valence-corrected chi connectivity index (χ0v) is 12.0. The predicted molar refractivity (Wildman–Crippen MR) is 73.5 cm³/mol. The summed E-state index contributed by atoms with van der Waals surface area (Å²) in [6.07, 6.45) is 0.960. The van der Waals surface area contributed by atoms with Gasteiger partial charge in [-0.2, -0.15) is 0 Å². The van der Waals surface area contributed by atoms with Crippen LogP contribution in [0.5, 0.6) is 0 Å². The van der Waals surface area contributed by atoms with E-state index >= 15 is 0 Å². The van der Waals surface area contributed by atoms with Gasteiger partial charge < -0.3 is 10.6 Å². The summed E-state index contributed by atoms with van der Waals surface area (Å²) in [5.41, 5.74) is 5.69. The Bertz CT molecular complexity index is 283. The van der Waals surface area contributed by atoms with Gasteiger partial charge in [0.15, 0.2) is 0 Å². The van der Waals surface area contributed by atoms with Crippen molar-refractivity contribution in [3.05, 3.63) is 0 Å². The average Bonchev–Trinajstić information content (AvgIpc) is 2.19. The number of piperazine rings is 1. The molecule has 1 saturated heterocycles. The van der Waals surface area contributed by atoms with Crippen molar-refractivity contribution in [2.75, 3.05) is 33.2 Å². The van der Waals surface area contributed by atoms with Gasteiger partial charge in [0.25, 0.3) is 0 Å². The molecule has 100 valence electrons. The molecule has 0 saturated carbocycles. The van der Waals surface area contributed by atoms with Crippen LogP contribution in [-0.2, 0) is 0 Å². The first-order valence-electron chi connectivity index (χ1n) is 6.43. The Morgan fingerprint density at radius 2 is 1.94 bits per heavy atom. The van der Waals surface area contributed by atoms with Crippen molar-refractivity contribution in [2.45, 2.75) is 39.7 Å². The summed E-state index contributed by atoms with van der Waals surface area (Å²) in [5.74, 6) is 0.297. The van der Waals surface area contributed by atoms with Crippen LogP contribution in [0.2, 0.25) is 0 Å². The van der Waals surface area contributed by atoms with Gasteiger partial charge in [-0.3, -0.25) is 10.3 Å². The molecule has 0 amide bonds. The topological polar surface area (TPSA) is 56.4 Å². The first kappa shape index (κ1) is 14.5. The van der Waals surface area contributed by atoms with Gasteiger partial charge in [-0.05, 0) is 33.9 Å². The number of nitrogens with one attached hydrogen (secondary N) is 1. The van der Waals surface area contributed by atoms with Gasteiger partial charge in [-0.1, -0.05) is 13.8 Å². The van der Waals surface area contributed by atoms with E-state index in [0.29, 0.717) is 5.84 Å². The standard InChI is InChI=1S/C13H28N4/c1-12(2,11(14)15)6-7-17-9-8-16(5)13(3,4)10-17/h6-10H2,1-5H3,(H3,14,15). The van der Waals surface area contributed by atoms with E-state index < -0.39 is 0 Å². The third kappa shape index (κ3) is 3.68. The van der Waals surface area contributed by atoms with Crippen LogP contribution in [0.4, 0.5) is 0 Å².